The van der Waals surface area contributed by atoms with E-state index >= 15 is 0 Å². The molecule has 6 aromatic heterocycles. The van der Waals surface area contributed by atoms with Crippen molar-refractivity contribution in [2.24, 2.45) is 0 Å². The monoisotopic (exact) mass is 1400 g/mol. The van der Waals surface area contributed by atoms with Gasteiger partial charge in [0.05, 0.1) is 31.3 Å². The third kappa shape index (κ3) is 18.6. The zero-order chi connectivity index (χ0) is 73.7. The van der Waals surface area contributed by atoms with E-state index in [1.54, 1.807) is 53.6 Å². The van der Waals surface area contributed by atoms with Gasteiger partial charge in [-0.2, -0.15) is 0 Å². The van der Waals surface area contributed by atoms with Crippen molar-refractivity contribution in [3.8, 4) is 33.4 Å². The molecule has 18 aromatic rings. The van der Waals surface area contributed by atoms with E-state index in [0.29, 0.717) is 17.8 Å². The Morgan fingerprint density at radius 2 is 0.664 bits per heavy atom. The standard InChI is InChI=1S/C17H16O.C14H13N.2C14H10O.2C11H12O.2C10H12/c1-12(2)14-10-16(13-6-4-3-5-7-13)15-8-9-18-17(15)11-14;1-2-15-13-9-5-3-7-11(13)12-8-4-6-10-14(12)15;1-2-5-11(6-3-1)12-7-4-8-14-13(12)9-10-15-14;1-2-4-11(5-3-1)13-7-6-12-8-9-15-14(12)10-13;1-8(2)9-3-4-11-10(7-9)5-6-12-11;1-8(2)10-4-3-9-5-6-12-11(9)7-10;2*1-2-6-10-8-4-3-7-9(10)5-1/h3-12H,1-2H3;3-10H,2H2,1H3;2*1-10H;2*3-8H,1-2H3;2*1-2,5-6H,3-4,7-8H2. The molecule has 0 amide bonds. The first-order valence-electron chi connectivity index (χ1n) is 38.2. The van der Waals surface area contributed by atoms with Crippen LogP contribution in [0.5, 0.6) is 0 Å². The maximum atomic E-state index is 5.57. The van der Waals surface area contributed by atoms with Gasteiger partial charge in [-0.3, -0.25) is 0 Å². The summed E-state index contributed by atoms with van der Waals surface area (Å²) in [6.45, 7) is 16.4. The molecule has 0 saturated carbocycles. The molecule has 6 heteroatoms. The largest absolute Gasteiger partial charge is 0.464 e. The average molecular weight is 1400 g/mol. The van der Waals surface area contributed by atoms with Crippen LogP contribution in [0.4, 0.5) is 0 Å². The lowest BCUT2D eigenvalue weighted by atomic mass is 9.92. The fourth-order valence-electron chi connectivity index (χ4n) is 14.3. The smallest absolute Gasteiger partial charge is 0.134 e. The molecule has 0 bridgehead atoms. The third-order valence-corrected chi connectivity index (χ3v) is 20.3. The maximum absolute atomic E-state index is 5.57. The van der Waals surface area contributed by atoms with Gasteiger partial charge in [0.25, 0.3) is 0 Å². The molecule has 2 aliphatic rings. The minimum atomic E-state index is 0.502. The van der Waals surface area contributed by atoms with E-state index in [0.717, 1.165) is 39.8 Å². The Morgan fingerprint density at radius 1 is 0.262 bits per heavy atom. The molecular weight excluding hydrogens is 1310 g/mol. The molecule has 0 atom stereocenters. The van der Waals surface area contributed by atoms with Crippen LogP contribution in [0.1, 0.15) is 131 Å². The van der Waals surface area contributed by atoms with Gasteiger partial charge in [0.2, 0.25) is 0 Å². The van der Waals surface area contributed by atoms with Crippen LogP contribution in [-0.2, 0) is 32.2 Å². The van der Waals surface area contributed by atoms with Crippen LogP contribution in [0.15, 0.2) is 357 Å². The second kappa shape index (κ2) is 36.2. The van der Waals surface area contributed by atoms with E-state index in [4.69, 9.17) is 22.1 Å². The molecule has 0 fully saturated rings. The number of hydrogen-bond acceptors (Lipinski definition) is 5. The number of rotatable bonds is 7. The Hall–Kier alpha value is -11.9. The van der Waals surface area contributed by atoms with Gasteiger partial charge in [0.15, 0.2) is 0 Å². The highest BCUT2D eigenvalue weighted by molar-refractivity contribution is 6.08. The second-order valence-corrected chi connectivity index (χ2v) is 28.4. The fraction of sp³-hybridized carbons (Fsp3) is 0.188. The topological polar surface area (TPSA) is 70.6 Å². The molecule has 107 heavy (non-hydrogen) atoms. The van der Waals surface area contributed by atoms with Gasteiger partial charge in [-0.15, -0.1) is 0 Å². The summed E-state index contributed by atoms with van der Waals surface area (Å²) in [7, 11) is 0. The Bertz CT molecular complexity index is 5520. The van der Waals surface area contributed by atoms with E-state index in [-0.39, 0.29) is 0 Å². The molecule has 6 heterocycles. The van der Waals surface area contributed by atoms with Crippen LogP contribution < -0.4 is 0 Å². The van der Waals surface area contributed by atoms with Gasteiger partial charge in [-0.1, -0.05) is 266 Å². The summed E-state index contributed by atoms with van der Waals surface area (Å²) >= 11 is 0. The predicted molar refractivity (Wildman–Crippen MR) is 451 cm³/mol. The lowest BCUT2D eigenvalue weighted by molar-refractivity contribution is 0.614. The molecule has 12 aromatic carbocycles. The molecule has 0 spiro atoms. The van der Waals surface area contributed by atoms with Gasteiger partial charge in [0.1, 0.15) is 27.9 Å². The number of nitrogens with zero attached hydrogens (tertiary/aromatic N) is 1. The highest BCUT2D eigenvalue weighted by Gasteiger charge is 2.13. The predicted octanol–water partition coefficient (Wildman–Crippen LogP) is 29.5. The van der Waals surface area contributed by atoms with Gasteiger partial charge in [-0.25, -0.2) is 0 Å². The van der Waals surface area contributed by atoms with Crippen LogP contribution in [-0.4, -0.2) is 4.57 Å². The summed E-state index contributed by atoms with van der Waals surface area (Å²) in [5.74, 6) is 1.66. The summed E-state index contributed by atoms with van der Waals surface area (Å²) < 4.78 is 29.3. The van der Waals surface area contributed by atoms with E-state index in [2.05, 4.69) is 265 Å². The van der Waals surface area contributed by atoms with Gasteiger partial charge in [-0.05, 0) is 227 Å². The van der Waals surface area contributed by atoms with Gasteiger partial charge in [0, 0.05) is 55.3 Å². The molecule has 536 valence electrons. The number of fused-ring (bicyclic) bond motifs is 10. The van der Waals surface area contributed by atoms with Crippen LogP contribution in [0.25, 0.3) is 110 Å². The van der Waals surface area contributed by atoms with Crippen molar-refractivity contribution >= 4 is 76.7 Å². The third-order valence-electron chi connectivity index (χ3n) is 20.3. The molecule has 0 aliphatic heterocycles. The Labute approximate surface area is 630 Å². The lowest BCUT2D eigenvalue weighted by Gasteiger charge is -2.13. The van der Waals surface area contributed by atoms with Crippen LogP contribution in [0.2, 0.25) is 0 Å². The zero-order valence-electron chi connectivity index (χ0n) is 62.8. The van der Waals surface area contributed by atoms with E-state index in [9.17, 15) is 0 Å². The first-order valence-corrected chi connectivity index (χ1v) is 38.2. The van der Waals surface area contributed by atoms with Gasteiger partial charge >= 0.3 is 0 Å². The fourth-order valence-corrected chi connectivity index (χ4v) is 14.3. The summed E-state index contributed by atoms with van der Waals surface area (Å²) in [6.07, 6.45) is 19.4. The quantitative estimate of drug-likeness (QED) is 0.159. The summed E-state index contributed by atoms with van der Waals surface area (Å²) in [5.41, 5.74) is 25.2. The highest BCUT2D eigenvalue weighted by Crippen LogP contribution is 2.35. The second-order valence-electron chi connectivity index (χ2n) is 28.4. The van der Waals surface area contributed by atoms with Gasteiger partial charge < -0.3 is 26.7 Å². The van der Waals surface area contributed by atoms with Crippen molar-refractivity contribution in [1.82, 2.24) is 4.57 Å². The Kier molecular flexibility index (Phi) is 24.9. The van der Waals surface area contributed by atoms with E-state index < -0.39 is 0 Å². The van der Waals surface area contributed by atoms with E-state index in [1.165, 1.54) is 145 Å². The molecule has 20 rings (SSSR count). The minimum Gasteiger partial charge on any atom is -0.464 e. The molecule has 0 unspecified atom stereocenters. The van der Waals surface area contributed by atoms with Crippen LogP contribution in [0, 0.1) is 0 Å². The number of aromatic nitrogens is 1. The molecule has 0 saturated heterocycles. The zero-order valence-corrected chi connectivity index (χ0v) is 62.8. The van der Waals surface area contributed by atoms with Crippen molar-refractivity contribution in [3.05, 3.63) is 374 Å². The summed E-state index contributed by atoms with van der Waals surface area (Å²) in [6, 6.07) is 106. The normalized spacial score (nSPS) is 12.1. The summed E-state index contributed by atoms with van der Waals surface area (Å²) in [5, 5.41) is 8.59. The van der Waals surface area contributed by atoms with Crippen molar-refractivity contribution in [1.29, 1.82) is 0 Å². The first-order chi connectivity index (χ1) is 52.5. The first kappa shape index (κ1) is 73.5. The average Bonchev–Trinajstić information content (AvgIpc) is 1.62. The van der Waals surface area contributed by atoms with E-state index in [1.807, 2.05) is 91.0 Å². The van der Waals surface area contributed by atoms with Crippen molar-refractivity contribution in [3.63, 3.8) is 0 Å². The van der Waals surface area contributed by atoms with Crippen molar-refractivity contribution in [2.45, 2.75) is 124 Å². The van der Waals surface area contributed by atoms with Crippen LogP contribution in [0.3, 0.4) is 0 Å². The lowest BCUT2D eigenvalue weighted by Crippen LogP contribution is -2.00. The number of benzene rings is 12. The number of para-hydroxylation sites is 2. The van der Waals surface area contributed by atoms with Crippen LogP contribution >= 0.6 is 0 Å². The molecular formula is C101H97NO5. The highest BCUT2D eigenvalue weighted by atomic mass is 16.3. The molecule has 0 radical (unpaired) electrons. The number of aryl methyl sites for hydroxylation is 5. The molecule has 2 aliphatic carbocycles. The molecule has 0 N–H and O–H groups in total. The number of furan rings is 5. The van der Waals surface area contributed by atoms with Crippen molar-refractivity contribution < 1.29 is 22.1 Å². The molecule has 6 nitrogen and oxygen atoms in total. The SMILES string of the molecule is CC(C)c1cc(-c2ccccc2)c2ccoc2c1.CC(C)c1ccc2ccoc2c1.CC(C)c1ccc2occc2c1.CCn1c2ccccc2c2ccccc21.c1ccc(-c2ccc3ccoc3c2)cc1.c1ccc(-c2cccc3occc23)cc1.c1ccc2c(c1)CCCC2.c1ccc2c(c1)CCCC2. The Morgan fingerprint density at radius 3 is 1.20 bits per heavy atom. The summed E-state index contributed by atoms with van der Waals surface area (Å²) in [4.78, 5) is 0. The maximum Gasteiger partial charge on any atom is 0.134 e. The van der Waals surface area contributed by atoms with Crippen molar-refractivity contribution in [2.75, 3.05) is 0 Å². The minimum absolute atomic E-state index is 0.502. The number of hydrogen-bond donors (Lipinski definition) is 0. The Balaban J connectivity index is 0.000000109.